The molecular weight excluding hydrogens is 377 g/mol. The van der Waals surface area contributed by atoms with Gasteiger partial charge in [0, 0.05) is 5.69 Å². The van der Waals surface area contributed by atoms with E-state index in [4.69, 9.17) is 70.2 Å². The largest absolute Gasteiger partial charge is 0.505 e. The topological polar surface area (TPSA) is 61.4 Å². The molecule has 0 aliphatic carbocycles. The van der Waals surface area contributed by atoms with Crippen LogP contribution in [-0.2, 0) is 4.79 Å². The maximum absolute atomic E-state index is 11.3. The molecule has 0 aliphatic rings. The van der Waals surface area contributed by atoms with Crippen LogP contribution in [0.4, 0.5) is 5.69 Å². The molecule has 1 amide bonds. The summed E-state index contributed by atoms with van der Waals surface area (Å²) in [6.45, 7) is 0. The van der Waals surface area contributed by atoms with Crippen molar-refractivity contribution in [1.82, 2.24) is 5.32 Å². The Morgan fingerprint density at radius 3 is 2.11 bits per heavy atom. The highest BCUT2D eigenvalue weighted by molar-refractivity contribution is 7.80. The number of nitrogens with one attached hydrogen (secondary N) is 2. The number of rotatable bonds is 1. The monoisotopic (exact) mass is 380 g/mol. The number of alkyl halides is 3. The van der Waals surface area contributed by atoms with E-state index in [-0.39, 0.29) is 20.9 Å². The molecule has 0 spiro atoms. The number of halogens is 5. The van der Waals surface area contributed by atoms with E-state index in [0.29, 0.717) is 5.69 Å². The smallest absolute Gasteiger partial charge is 0.278 e. The van der Waals surface area contributed by atoms with E-state index in [0.717, 1.165) is 0 Å². The van der Waals surface area contributed by atoms with E-state index in [2.05, 4.69) is 10.6 Å². The molecule has 0 heterocycles. The first-order valence-corrected chi connectivity index (χ1v) is 6.78. The number of carbonyl (C=O) groups is 1. The highest BCUT2D eigenvalue weighted by Crippen LogP contribution is 2.34. The Hall–Kier alpha value is -0.170. The number of hydrogen-bond donors (Lipinski definition) is 3. The molecule has 104 valence electrons. The first-order chi connectivity index (χ1) is 8.61. The summed E-state index contributed by atoms with van der Waals surface area (Å²) < 4.78 is -2.13. The molecule has 0 saturated carbocycles. The van der Waals surface area contributed by atoms with Crippen LogP contribution in [0, 0.1) is 0 Å². The van der Waals surface area contributed by atoms with Gasteiger partial charge < -0.3 is 10.4 Å². The van der Waals surface area contributed by atoms with Gasteiger partial charge in [-0.15, -0.1) is 0 Å². The SMILES string of the molecule is O=C(NC(=S)Nc1cc(Cl)c(O)c(Cl)c1)C(Cl)(Cl)Cl. The Kier molecular flexibility index (Phi) is 5.79. The van der Waals surface area contributed by atoms with Crippen molar-refractivity contribution >= 4 is 86.9 Å². The fourth-order valence-electron chi connectivity index (χ4n) is 0.974. The van der Waals surface area contributed by atoms with Gasteiger partial charge in [0.25, 0.3) is 9.70 Å². The first-order valence-electron chi connectivity index (χ1n) is 4.48. The molecular formula is C9H5Cl5N2O2S. The molecule has 19 heavy (non-hydrogen) atoms. The third-order valence-electron chi connectivity index (χ3n) is 1.76. The summed E-state index contributed by atoms with van der Waals surface area (Å²) in [5.74, 6) is -1.17. The molecule has 1 rings (SSSR count). The van der Waals surface area contributed by atoms with Gasteiger partial charge >= 0.3 is 0 Å². The van der Waals surface area contributed by atoms with E-state index < -0.39 is 9.70 Å². The highest BCUT2D eigenvalue weighted by Gasteiger charge is 2.31. The Morgan fingerprint density at radius 1 is 1.21 bits per heavy atom. The summed E-state index contributed by atoms with van der Waals surface area (Å²) in [6, 6.07) is 2.72. The number of thiocarbonyl (C=S) groups is 1. The molecule has 0 aromatic heterocycles. The molecule has 1 aromatic carbocycles. The summed E-state index contributed by atoms with van der Waals surface area (Å²) in [4.78, 5) is 11.3. The molecule has 0 atom stereocenters. The highest BCUT2D eigenvalue weighted by atomic mass is 35.6. The van der Waals surface area contributed by atoms with Crippen LogP contribution in [0.25, 0.3) is 0 Å². The zero-order chi connectivity index (χ0) is 14.8. The lowest BCUT2D eigenvalue weighted by Gasteiger charge is -2.14. The second kappa shape index (κ2) is 6.52. The van der Waals surface area contributed by atoms with Crippen molar-refractivity contribution < 1.29 is 9.90 Å². The second-order valence-corrected chi connectivity index (χ2v) is 6.70. The number of aromatic hydroxyl groups is 1. The van der Waals surface area contributed by atoms with Gasteiger partial charge in [0.05, 0.1) is 10.0 Å². The van der Waals surface area contributed by atoms with Crippen LogP contribution in [0.3, 0.4) is 0 Å². The molecule has 0 bridgehead atoms. The van der Waals surface area contributed by atoms with Gasteiger partial charge in [-0.25, -0.2) is 0 Å². The zero-order valence-corrected chi connectivity index (χ0v) is 13.4. The molecule has 0 saturated heterocycles. The third kappa shape index (κ3) is 5.02. The summed E-state index contributed by atoms with van der Waals surface area (Å²) >= 11 is 32.3. The van der Waals surface area contributed by atoms with Gasteiger partial charge in [-0.3, -0.25) is 10.1 Å². The number of benzene rings is 1. The van der Waals surface area contributed by atoms with Crippen LogP contribution in [0.15, 0.2) is 12.1 Å². The van der Waals surface area contributed by atoms with Crippen LogP contribution in [0.5, 0.6) is 5.75 Å². The Labute approximate surface area is 138 Å². The lowest BCUT2D eigenvalue weighted by atomic mass is 10.3. The van der Waals surface area contributed by atoms with Gasteiger partial charge in [-0.05, 0) is 24.4 Å². The maximum Gasteiger partial charge on any atom is 0.278 e. The van der Waals surface area contributed by atoms with Gasteiger partial charge in [0.15, 0.2) is 10.9 Å². The lowest BCUT2D eigenvalue weighted by Crippen LogP contribution is -2.41. The van der Waals surface area contributed by atoms with Crippen molar-refractivity contribution in [2.24, 2.45) is 0 Å². The van der Waals surface area contributed by atoms with Crippen LogP contribution < -0.4 is 10.6 Å². The van der Waals surface area contributed by atoms with E-state index in [1.165, 1.54) is 12.1 Å². The Bertz CT molecular complexity index is 509. The number of phenols is 1. The molecule has 3 N–H and O–H groups in total. The van der Waals surface area contributed by atoms with Crippen LogP contribution >= 0.6 is 70.2 Å². The molecule has 0 radical (unpaired) electrons. The minimum Gasteiger partial charge on any atom is -0.505 e. The zero-order valence-electron chi connectivity index (χ0n) is 8.81. The van der Waals surface area contributed by atoms with E-state index >= 15 is 0 Å². The Balaban J connectivity index is 2.76. The maximum atomic E-state index is 11.3. The molecule has 0 unspecified atom stereocenters. The average molecular weight is 382 g/mol. The number of hydrogen-bond acceptors (Lipinski definition) is 3. The molecule has 1 aromatic rings. The summed E-state index contributed by atoms with van der Waals surface area (Å²) in [5, 5.41) is 14.0. The van der Waals surface area contributed by atoms with Gasteiger partial charge in [-0.2, -0.15) is 0 Å². The fourth-order valence-corrected chi connectivity index (χ4v) is 1.81. The summed E-state index contributed by atoms with van der Waals surface area (Å²) in [7, 11) is 0. The van der Waals surface area contributed by atoms with Crippen molar-refractivity contribution in [2.75, 3.05) is 5.32 Å². The van der Waals surface area contributed by atoms with E-state index in [9.17, 15) is 9.90 Å². The van der Waals surface area contributed by atoms with Crippen LogP contribution in [0.2, 0.25) is 10.0 Å². The molecule has 0 aliphatic heterocycles. The summed E-state index contributed by atoms with van der Waals surface area (Å²) in [6.07, 6.45) is 0. The average Bonchev–Trinajstić information content (AvgIpc) is 2.24. The van der Waals surface area contributed by atoms with Gasteiger partial charge in [-0.1, -0.05) is 58.0 Å². The van der Waals surface area contributed by atoms with Crippen molar-refractivity contribution in [3.8, 4) is 5.75 Å². The van der Waals surface area contributed by atoms with E-state index in [1.54, 1.807) is 0 Å². The predicted molar refractivity (Wildman–Crippen MR) is 82.8 cm³/mol. The number of amides is 1. The normalized spacial score (nSPS) is 11.0. The molecule has 0 fully saturated rings. The number of anilines is 1. The quantitative estimate of drug-likeness (QED) is 0.392. The standard InChI is InChI=1S/C9H5Cl5N2O2S/c10-4-1-3(2-5(11)6(4)17)15-8(19)16-7(18)9(12,13)14/h1-2,17H,(H2,15,16,18,19). The van der Waals surface area contributed by atoms with E-state index in [1.807, 2.05) is 0 Å². The van der Waals surface area contributed by atoms with Crippen molar-refractivity contribution in [2.45, 2.75) is 3.79 Å². The Morgan fingerprint density at radius 2 is 1.68 bits per heavy atom. The van der Waals surface area contributed by atoms with Crippen LogP contribution in [-0.4, -0.2) is 19.9 Å². The minimum atomic E-state index is -2.13. The van der Waals surface area contributed by atoms with Gasteiger partial charge in [0.1, 0.15) is 0 Å². The predicted octanol–water partition coefficient (Wildman–Crippen LogP) is 3.88. The fraction of sp³-hybridized carbons (Fsp3) is 0.111. The minimum absolute atomic E-state index is 0.0190. The number of phenolic OH excluding ortho intramolecular Hbond substituents is 1. The third-order valence-corrected chi connectivity index (χ3v) is 3.05. The van der Waals surface area contributed by atoms with Gasteiger partial charge in [0.2, 0.25) is 0 Å². The number of carbonyl (C=O) groups excluding carboxylic acids is 1. The summed E-state index contributed by atoms with van der Waals surface area (Å²) in [5.41, 5.74) is 0.349. The first kappa shape index (κ1) is 16.9. The lowest BCUT2D eigenvalue weighted by molar-refractivity contribution is -0.118. The van der Waals surface area contributed by atoms with Crippen molar-refractivity contribution in [1.29, 1.82) is 0 Å². The molecule has 10 heteroatoms. The van der Waals surface area contributed by atoms with Crippen LogP contribution in [0.1, 0.15) is 0 Å². The van der Waals surface area contributed by atoms with Crippen molar-refractivity contribution in [3.05, 3.63) is 22.2 Å². The van der Waals surface area contributed by atoms with Crippen molar-refractivity contribution in [3.63, 3.8) is 0 Å². The molecule has 4 nitrogen and oxygen atoms in total. The second-order valence-electron chi connectivity index (χ2n) is 3.19.